The summed E-state index contributed by atoms with van der Waals surface area (Å²) in [5.41, 5.74) is 0. The van der Waals surface area contributed by atoms with E-state index in [9.17, 15) is 0 Å². The average Bonchev–Trinajstić information content (AvgIpc) is 1.32. The van der Waals surface area contributed by atoms with Crippen molar-refractivity contribution in [3.63, 3.8) is 0 Å². The monoisotopic (exact) mass is 86.1 g/mol. The van der Waals surface area contributed by atoms with E-state index in [4.69, 9.17) is 9.31 Å². The molecular formula is C3H7BO2. The molecule has 3 heteroatoms. The Morgan fingerprint density at radius 2 is 1.67 bits per heavy atom. The van der Waals surface area contributed by atoms with Crippen LogP contribution in [0.3, 0.4) is 0 Å². The van der Waals surface area contributed by atoms with Gasteiger partial charge in [-0.05, 0) is 13.8 Å². The minimum Gasteiger partial charge on any atom is -0.387 e. The molecule has 0 aromatic carbocycles. The van der Waals surface area contributed by atoms with Gasteiger partial charge in [0.05, 0.1) is 0 Å². The van der Waals surface area contributed by atoms with Crippen LogP contribution in [0.2, 0.25) is 0 Å². The second-order valence-electron chi connectivity index (χ2n) is 1.81. The first kappa shape index (κ1) is 4.15. The Balaban J connectivity index is 2.31. The molecule has 0 amide bonds. The molecular weight excluding hydrogens is 78.8 g/mol. The first-order valence-electron chi connectivity index (χ1n) is 1.99. The van der Waals surface area contributed by atoms with Gasteiger partial charge < -0.3 is 9.31 Å². The molecule has 0 saturated carbocycles. The molecule has 0 bridgehead atoms. The summed E-state index contributed by atoms with van der Waals surface area (Å²) < 4.78 is 9.79. The molecule has 0 radical (unpaired) electrons. The number of hydrogen-bond acceptors (Lipinski definition) is 2. The first-order chi connectivity index (χ1) is 2.71. The molecule has 6 heavy (non-hydrogen) atoms. The van der Waals surface area contributed by atoms with Crippen LogP contribution in [0.15, 0.2) is 0 Å². The van der Waals surface area contributed by atoms with Crippen LogP contribution in [0.5, 0.6) is 0 Å². The Morgan fingerprint density at radius 3 is 1.67 bits per heavy atom. The summed E-state index contributed by atoms with van der Waals surface area (Å²) in [6, 6.07) is 0. The Bertz CT molecular complexity index is 55.8. The minimum absolute atomic E-state index is 0.278. The van der Waals surface area contributed by atoms with E-state index in [1.165, 1.54) is 0 Å². The summed E-state index contributed by atoms with van der Waals surface area (Å²) >= 11 is 0. The molecule has 0 unspecified atom stereocenters. The SMILES string of the molecule is CC1(C)OBO1. The first-order valence-corrected chi connectivity index (χ1v) is 1.99. The van der Waals surface area contributed by atoms with Gasteiger partial charge in [-0.25, -0.2) is 0 Å². The fourth-order valence-corrected chi connectivity index (χ4v) is 0.295. The van der Waals surface area contributed by atoms with Crippen LogP contribution in [0.25, 0.3) is 0 Å². The lowest BCUT2D eigenvalue weighted by atomic mass is 10.2. The molecule has 34 valence electrons. The van der Waals surface area contributed by atoms with Crippen molar-refractivity contribution in [2.45, 2.75) is 19.6 Å². The van der Waals surface area contributed by atoms with Crippen molar-refractivity contribution in [2.24, 2.45) is 0 Å². The summed E-state index contributed by atoms with van der Waals surface area (Å²) in [4.78, 5) is 0. The molecule has 1 rings (SSSR count). The lowest BCUT2D eigenvalue weighted by Crippen LogP contribution is -2.43. The average molecular weight is 85.9 g/mol. The molecule has 1 fully saturated rings. The fourth-order valence-electron chi connectivity index (χ4n) is 0.295. The highest BCUT2D eigenvalue weighted by molar-refractivity contribution is 6.21. The topological polar surface area (TPSA) is 18.5 Å². The minimum atomic E-state index is -0.278. The third kappa shape index (κ3) is 0.557. The van der Waals surface area contributed by atoms with Crippen LogP contribution in [0.1, 0.15) is 13.8 Å². The van der Waals surface area contributed by atoms with Gasteiger partial charge in [0.25, 0.3) is 0 Å². The van der Waals surface area contributed by atoms with Gasteiger partial charge in [-0.3, -0.25) is 0 Å². The summed E-state index contributed by atoms with van der Waals surface area (Å²) in [5.74, 6) is -0.278. The third-order valence-electron chi connectivity index (χ3n) is 0.813. The standard InChI is InChI=1S/C3H7BO2/c1-3(2)5-4-6-3/h4H,1-2H3. The maximum atomic E-state index is 4.90. The van der Waals surface area contributed by atoms with Crippen LogP contribution in [0.4, 0.5) is 0 Å². The lowest BCUT2D eigenvalue weighted by molar-refractivity contribution is -0.176. The zero-order valence-corrected chi connectivity index (χ0v) is 4.02. The zero-order valence-electron chi connectivity index (χ0n) is 4.02. The van der Waals surface area contributed by atoms with Gasteiger partial charge in [0.1, 0.15) is 5.79 Å². The molecule has 0 aromatic rings. The van der Waals surface area contributed by atoms with E-state index in [0.29, 0.717) is 7.69 Å². The van der Waals surface area contributed by atoms with E-state index in [1.54, 1.807) is 0 Å². The smallest absolute Gasteiger partial charge is 0.387 e. The Hall–Kier alpha value is -0.0151. The number of hydrogen-bond donors (Lipinski definition) is 0. The molecule has 0 atom stereocenters. The summed E-state index contributed by atoms with van der Waals surface area (Å²) in [7, 11) is 0.465. The molecule has 0 spiro atoms. The van der Waals surface area contributed by atoms with Gasteiger partial charge in [0, 0.05) is 0 Å². The molecule has 2 nitrogen and oxygen atoms in total. The van der Waals surface area contributed by atoms with Gasteiger partial charge in [0.2, 0.25) is 0 Å². The second-order valence-corrected chi connectivity index (χ2v) is 1.81. The van der Waals surface area contributed by atoms with Crippen molar-refractivity contribution in [2.75, 3.05) is 0 Å². The second kappa shape index (κ2) is 0.981. The summed E-state index contributed by atoms with van der Waals surface area (Å²) in [5, 5.41) is 0. The third-order valence-corrected chi connectivity index (χ3v) is 0.813. The Morgan fingerprint density at radius 1 is 1.33 bits per heavy atom. The summed E-state index contributed by atoms with van der Waals surface area (Å²) in [6.07, 6.45) is 0. The highest BCUT2D eigenvalue weighted by atomic mass is 16.8. The predicted molar refractivity (Wildman–Crippen MR) is 23.4 cm³/mol. The molecule has 1 saturated heterocycles. The normalized spacial score (nSPS) is 27.7. The molecule has 1 heterocycles. The Labute approximate surface area is 37.7 Å². The van der Waals surface area contributed by atoms with E-state index in [1.807, 2.05) is 13.8 Å². The highest BCUT2D eigenvalue weighted by Gasteiger charge is 2.28. The van der Waals surface area contributed by atoms with Crippen molar-refractivity contribution in [3.8, 4) is 0 Å². The number of rotatable bonds is 0. The van der Waals surface area contributed by atoms with Crippen molar-refractivity contribution >= 4 is 7.69 Å². The molecule has 0 N–H and O–H groups in total. The largest absolute Gasteiger partial charge is 0.442 e. The van der Waals surface area contributed by atoms with Crippen LogP contribution >= 0.6 is 0 Å². The van der Waals surface area contributed by atoms with E-state index in [-0.39, 0.29) is 5.79 Å². The molecule has 0 aliphatic carbocycles. The van der Waals surface area contributed by atoms with Crippen molar-refractivity contribution < 1.29 is 9.31 Å². The fraction of sp³-hybridized carbons (Fsp3) is 1.00. The van der Waals surface area contributed by atoms with Crippen LogP contribution in [-0.4, -0.2) is 13.5 Å². The van der Waals surface area contributed by atoms with E-state index < -0.39 is 0 Å². The predicted octanol–water partition coefficient (Wildman–Crippen LogP) is 0.0358. The van der Waals surface area contributed by atoms with Gasteiger partial charge in [-0.1, -0.05) is 0 Å². The van der Waals surface area contributed by atoms with Gasteiger partial charge in [0.15, 0.2) is 0 Å². The van der Waals surface area contributed by atoms with E-state index in [2.05, 4.69) is 0 Å². The van der Waals surface area contributed by atoms with E-state index >= 15 is 0 Å². The zero-order chi connectivity index (χ0) is 4.62. The quantitative estimate of drug-likeness (QED) is 0.387. The summed E-state index contributed by atoms with van der Waals surface area (Å²) in [6.45, 7) is 3.77. The van der Waals surface area contributed by atoms with E-state index in [0.717, 1.165) is 0 Å². The Kier molecular flexibility index (Phi) is 0.679. The maximum absolute atomic E-state index is 4.90. The van der Waals surface area contributed by atoms with Gasteiger partial charge in [-0.2, -0.15) is 0 Å². The van der Waals surface area contributed by atoms with Crippen LogP contribution in [-0.2, 0) is 9.31 Å². The molecule has 0 aromatic heterocycles. The van der Waals surface area contributed by atoms with Crippen molar-refractivity contribution in [1.82, 2.24) is 0 Å². The highest BCUT2D eigenvalue weighted by Crippen LogP contribution is 2.17. The maximum Gasteiger partial charge on any atom is 0.442 e. The molecule has 1 aliphatic heterocycles. The van der Waals surface area contributed by atoms with Crippen LogP contribution in [0, 0.1) is 0 Å². The lowest BCUT2D eigenvalue weighted by Gasteiger charge is -2.34. The van der Waals surface area contributed by atoms with Crippen molar-refractivity contribution in [1.29, 1.82) is 0 Å². The van der Waals surface area contributed by atoms with Crippen molar-refractivity contribution in [3.05, 3.63) is 0 Å². The van der Waals surface area contributed by atoms with Gasteiger partial charge >= 0.3 is 7.69 Å². The van der Waals surface area contributed by atoms with Gasteiger partial charge in [-0.15, -0.1) is 0 Å². The molecule has 1 aliphatic rings. The van der Waals surface area contributed by atoms with Crippen LogP contribution < -0.4 is 0 Å².